The molecule has 0 unspecified atom stereocenters. The predicted octanol–water partition coefficient (Wildman–Crippen LogP) is 3.58. The van der Waals surface area contributed by atoms with Crippen LogP contribution in [-0.4, -0.2) is 4.92 Å². The molecule has 3 nitrogen and oxygen atoms in total. The number of hydrogen-bond donors (Lipinski definition) is 0. The Balaban J connectivity index is 3.49. The molecule has 0 atom stereocenters. The lowest BCUT2D eigenvalue weighted by Gasteiger charge is -2.10. The Hall–Kier alpha value is -1.30. The molecule has 1 rings (SSSR count). The van der Waals surface area contributed by atoms with Crippen LogP contribution >= 0.6 is 11.6 Å². The Kier molecular flexibility index (Phi) is 2.90. The molecule has 82 valence electrons. The van der Waals surface area contributed by atoms with Crippen molar-refractivity contribution in [3.63, 3.8) is 0 Å². The fourth-order valence-electron chi connectivity index (χ4n) is 1.20. The molecule has 0 amide bonds. The van der Waals surface area contributed by atoms with Crippen molar-refractivity contribution in [3.8, 4) is 0 Å². The molecular weight excluding hydrogens is 235 g/mol. The highest BCUT2D eigenvalue weighted by atomic mass is 35.5. The lowest BCUT2D eigenvalue weighted by Crippen LogP contribution is -2.09. The molecule has 0 spiro atoms. The highest BCUT2D eigenvalue weighted by molar-refractivity contribution is 6.32. The molecule has 0 aromatic heterocycles. The highest BCUT2D eigenvalue weighted by Gasteiger charge is 2.36. The Bertz CT molecular complexity index is 417. The van der Waals surface area contributed by atoms with Gasteiger partial charge in [-0.1, -0.05) is 11.6 Å². The standard InChI is InChI=1S/C8H5ClF3NO2/c1-4-5(8(10,11)12)2-3-6(9)7(4)13(14)15/h2-3H,1H3. The van der Waals surface area contributed by atoms with Gasteiger partial charge in [0.1, 0.15) is 5.02 Å². The maximum Gasteiger partial charge on any atom is 0.416 e. The largest absolute Gasteiger partial charge is 0.416 e. The van der Waals surface area contributed by atoms with E-state index >= 15 is 0 Å². The van der Waals surface area contributed by atoms with Gasteiger partial charge in [-0.25, -0.2) is 0 Å². The van der Waals surface area contributed by atoms with Crippen molar-refractivity contribution in [2.45, 2.75) is 13.1 Å². The summed E-state index contributed by atoms with van der Waals surface area (Å²) in [7, 11) is 0. The summed E-state index contributed by atoms with van der Waals surface area (Å²) in [5, 5.41) is 10.2. The zero-order valence-corrected chi connectivity index (χ0v) is 8.19. The molecule has 0 N–H and O–H groups in total. The van der Waals surface area contributed by atoms with Crippen molar-refractivity contribution >= 4 is 17.3 Å². The molecule has 0 heterocycles. The summed E-state index contributed by atoms with van der Waals surface area (Å²) < 4.78 is 37.1. The van der Waals surface area contributed by atoms with E-state index in [2.05, 4.69) is 0 Å². The molecule has 0 saturated carbocycles. The van der Waals surface area contributed by atoms with E-state index in [1.165, 1.54) is 0 Å². The van der Waals surface area contributed by atoms with Gasteiger partial charge in [-0.2, -0.15) is 13.2 Å². The molecular formula is C8H5ClF3NO2. The third kappa shape index (κ3) is 2.20. The van der Waals surface area contributed by atoms with E-state index < -0.39 is 27.9 Å². The van der Waals surface area contributed by atoms with E-state index in [1.807, 2.05) is 0 Å². The fourth-order valence-corrected chi connectivity index (χ4v) is 1.47. The normalized spacial score (nSPS) is 11.5. The molecule has 0 bridgehead atoms. The average Bonchev–Trinajstić information content (AvgIpc) is 2.00. The molecule has 1 aromatic rings. The number of rotatable bonds is 1. The molecule has 0 aliphatic heterocycles. The topological polar surface area (TPSA) is 43.1 Å². The molecule has 1 aromatic carbocycles. The summed E-state index contributed by atoms with van der Waals surface area (Å²) in [6.45, 7) is 1.02. The summed E-state index contributed by atoms with van der Waals surface area (Å²) in [6, 6.07) is 1.60. The lowest BCUT2D eigenvalue weighted by atomic mass is 10.1. The molecule has 15 heavy (non-hydrogen) atoms. The van der Waals surface area contributed by atoms with Gasteiger partial charge >= 0.3 is 6.18 Å². The SMILES string of the molecule is Cc1c(C(F)(F)F)ccc(Cl)c1[N+](=O)[O-]. The van der Waals surface area contributed by atoms with Crippen LogP contribution in [0.25, 0.3) is 0 Å². The molecule has 0 aliphatic carbocycles. The summed E-state index contributed by atoms with van der Waals surface area (Å²) in [5.74, 6) is 0. The second kappa shape index (κ2) is 3.69. The van der Waals surface area contributed by atoms with Gasteiger partial charge in [-0.3, -0.25) is 10.1 Å². The highest BCUT2D eigenvalue weighted by Crippen LogP contribution is 2.38. The van der Waals surface area contributed by atoms with Crippen LogP contribution in [0.15, 0.2) is 12.1 Å². The first-order chi connectivity index (χ1) is 6.75. The van der Waals surface area contributed by atoms with Crippen molar-refractivity contribution in [2.75, 3.05) is 0 Å². The number of halogens is 4. The third-order valence-corrected chi connectivity index (χ3v) is 2.17. The van der Waals surface area contributed by atoms with Crippen molar-refractivity contribution in [1.29, 1.82) is 0 Å². The minimum absolute atomic E-state index is 0.300. The van der Waals surface area contributed by atoms with E-state index in [0.29, 0.717) is 0 Å². The van der Waals surface area contributed by atoms with Gasteiger partial charge in [0, 0.05) is 5.56 Å². The summed E-state index contributed by atoms with van der Waals surface area (Å²) in [4.78, 5) is 9.55. The Morgan fingerprint density at radius 2 is 1.93 bits per heavy atom. The van der Waals surface area contributed by atoms with Gasteiger partial charge in [0.25, 0.3) is 5.69 Å². The van der Waals surface area contributed by atoms with Gasteiger partial charge in [0.15, 0.2) is 0 Å². The van der Waals surface area contributed by atoms with Crippen LogP contribution in [-0.2, 0) is 6.18 Å². The second-order valence-corrected chi connectivity index (χ2v) is 3.23. The molecule has 7 heteroatoms. The molecule has 0 fully saturated rings. The zero-order chi connectivity index (χ0) is 11.8. The first-order valence-corrected chi connectivity index (χ1v) is 4.13. The maximum absolute atomic E-state index is 12.4. The van der Waals surface area contributed by atoms with Gasteiger partial charge in [0.05, 0.1) is 10.5 Å². The van der Waals surface area contributed by atoms with Crippen molar-refractivity contribution < 1.29 is 18.1 Å². The van der Waals surface area contributed by atoms with Crippen LogP contribution in [0.1, 0.15) is 11.1 Å². The first-order valence-electron chi connectivity index (χ1n) is 3.76. The summed E-state index contributed by atoms with van der Waals surface area (Å²) in [6.07, 6.45) is -4.61. The quantitative estimate of drug-likeness (QED) is 0.555. The van der Waals surface area contributed by atoms with Crippen LogP contribution in [0, 0.1) is 17.0 Å². The van der Waals surface area contributed by atoms with Crippen LogP contribution in [0.3, 0.4) is 0 Å². The molecule has 0 radical (unpaired) electrons. The van der Waals surface area contributed by atoms with Crippen molar-refractivity contribution in [2.24, 2.45) is 0 Å². The van der Waals surface area contributed by atoms with E-state index in [1.54, 1.807) is 0 Å². The smallest absolute Gasteiger partial charge is 0.258 e. The number of nitro groups is 1. The summed E-state index contributed by atoms with van der Waals surface area (Å²) >= 11 is 5.44. The summed E-state index contributed by atoms with van der Waals surface area (Å²) in [5.41, 5.74) is -2.22. The molecule has 0 aliphatic rings. The van der Waals surface area contributed by atoms with E-state index in [-0.39, 0.29) is 5.02 Å². The zero-order valence-electron chi connectivity index (χ0n) is 7.43. The van der Waals surface area contributed by atoms with Crippen LogP contribution in [0.5, 0.6) is 0 Å². The lowest BCUT2D eigenvalue weighted by molar-refractivity contribution is -0.385. The Morgan fingerprint density at radius 1 is 1.40 bits per heavy atom. The van der Waals surface area contributed by atoms with Crippen LogP contribution in [0.2, 0.25) is 5.02 Å². The third-order valence-electron chi connectivity index (χ3n) is 1.87. The minimum atomic E-state index is -4.61. The predicted molar refractivity (Wildman–Crippen MR) is 47.8 cm³/mol. The van der Waals surface area contributed by atoms with E-state index in [4.69, 9.17) is 11.6 Å². The van der Waals surface area contributed by atoms with E-state index in [9.17, 15) is 23.3 Å². The number of nitro benzene ring substituents is 1. The Morgan fingerprint density at radius 3 is 2.33 bits per heavy atom. The number of nitrogens with zero attached hydrogens (tertiary/aromatic N) is 1. The Labute approximate surface area is 87.6 Å². The number of alkyl halides is 3. The maximum atomic E-state index is 12.4. The average molecular weight is 240 g/mol. The van der Waals surface area contributed by atoms with Gasteiger partial charge < -0.3 is 0 Å². The van der Waals surface area contributed by atoms with Gasteiger partial charge in [-0.05, 0) is 19.1 Å². The van der Waals surface area contributed by atoms with Crippen molar-refractivity contribution in [1.82, 2.24) is 0 Å². The van der Waals surface area contributed by atoms with Gasteiger partial charge in [0.2, 0.25) is 0 Å². The minimum Gasteiger partial charge on any atom is -0.258 e. The first kappa shape index (κ1) is 11.8. The monoisotopic (exact) mass is 239 g/mol. The molecule has 0 saturated heterocycles. The number of hydrogen-bond acceptors (Lipinski definition) is 2. The van der Waals surface area contributed by atoms with Crippen molar-refractivity contribution in [3.05, 3.63) is 38.4 Å². The fraction of sp³-hybridized carbons (Fsp3) is 0.250. The van der Waals surface area contributed by atoms with Crippen LogP contribution in [0.4, 0.5) is 18.9 Å². The van der Waals surface area contributed by atoms with Crippen LogP contribution < -0.4 is 0 Å². The van der Waals surface area contributed by atoms with E-state index in [0.717, 1.165) is 19.1 Å². The van der Waals surface area contributed by atoms with Gasteiger partial charge in [-0.15, -0.1) is 0 Å². The number of benzene rings is 1. The second-order valence-electron chi connectivity index (χ2n) is 2.82.